The van der Waals surface area contributed by atoms with Crippen LogP contribution in [0.25, 0.3) is 11.1 Å². The lowest BCUT2D eigenvalue weighted by molar-refractivity contribution is 0.416. The van der Waals surface area contributed by atoms with Gasteiger partial charge in [-0.3, -0.25) is 9.59 Å². The Morgan fingerprint density at radius 1 is 1.18 bits per heavy atom. The number of para-hydroxylation sites is 1. The summed E-state index contributed by atoms with van der Waals surface area (Å²) < 4.78 is 5.19. The number of benzene rings is 1. The van der Waals surface area contributed by atoms with Gasteiger partial charge in [0.15, 0.2) is 0 Å². The molecule has 0 saturated heterocycles. The fourth-order valence-corrected chi connectivity index (χ4v) is 1.85. The molecule has 0 aliphatic rings. The van der Waals surface area contributed by atoms with Crippen molar-refractivity contribution < 1.29 is 4.74 Å². The van der Waals surface area contributed by atoms with Crippen molar-refractivity contribution in [3.8, 4) is 16.9 Å². The number of anilines is 1. The van der Waals surface area contributed by atoms with E-state index in [0.717, 1.165) is 0 Å². The van der Waals surface area contributed by atoms with Crippen molar-refractivity contribution in [2.75, 3.05) is 19.0 Å². The molecule has 0 radical (unpaired) electrons. The Kier molecular flexibility index (Phi) is 2.95. The van der Waals surface area contributed by atoms with E-state index < -0.39 is 10.9 Å². The van der Waals surface area contributed by atoms with E-state index in [9.17, 15) is 9.59 Å². The third-order valence-electron chi connectivity index (χ3n) is 2.64. The Hall–Kier alpha value is -2.10. The number of ether oxygens (including phenoxy) is 1. The molecule has 0 amide bonds. The number of methoxy groups -OCH3 is 1. The molecule has 2 aromatic carbocycles. The van der Waals surface area contributed by atoms with Gasteiger partial charge in [-0.15, -0.1) is 0 Å². The summed E-state index contributed by atoms with van der Waals surface area (Å²) in [6.07, 6.45) is 0. The molecule has 0 heterocycles. The zero-order chi connectivity index (χ0) is 12.4. The van der Waals surface area contributed by atoms with Gasteiger partial charge < -0.3 is 10.1 Å². The first-order chi connectivity index (χ1) is 8.20. The second kappa shape index (κ2) is 4.41. The molecule has 0 saturated carbocycles. The number of hydrogen-bond donors (Lipinski definition) is 1. The Bertz CT molecular complexity index is 609. The monoisotopic (exact) mass is 231 g/mol. The highest BCUT2D eigenvalue weighted by molar-refractivity contribution is 5.85. The highest BCUT2D eigenvalue weighted by Crippen LogP contribution is 2.31. The van der Waals surface area contributed by atoms with Crippen LogP contribution in [0.2, 0.25) is 0 Å². The highest BCUT2D eigenvalue weighted by Gasteiger charge is 2.23. The van der Waals surface area contributed by atoms with Crippen LogP contribution in [0.1, 0.15) is 6.92 Å². The lowest BCUT2D eigenvalue weighted by Gasteiger charge is -2.14. The Morgan fingerprint density at radius 2 is 1.88 bits per heavy atom. The standard InChI is InChI=1S/C13H13NO3/c1-3-14-11-10(12(15)13(11)16)8-6-4-5-7-9(8)17-2/h4-7,14H,3H2,1-2H3. The van der Waals surface area contributed by atoms with E-state index in [4.69, 9.17) is 4.74 Å². The van der Waals surface area contributed by atoms with Gasteiger partial charge in [-0.25, -0.2) is 0 Å². The van der Waals surface area contributed by atoms with Crippen LogP contribution in [0, 0.1) is 0 Å². The Labute approximate surface area is 98.5 Å². The van der Waals surface area contributed by atoms with Crippen molar-refractivity contribution in [1.29, 1.82) is 0 Å². The average molecular weight is 231 g/mol. The van der Waals surface area contributed by atoms with Crippen LogP contribution in [-0.4, -0.2) is 13.7 Å². The van der Waals surface area contributed by atoms with Crippen molar-refractivity contribution in [2.45, 2.75) is 6.92 Å². The predicted octanol–water partition coefficient (Wildman–Crippen LogP) is 1.39. The average Bonchev–Trinajstić information content (AvgIpc) is 2.38. The van der Waals surface area contributed by atoms with Crippen LogP contribution in [-0.2, 0) is 0 Å². The molecule has 0 spiro atoms. The zero-order valence-electron chi connectivity index (χ0n) is 9.74. The molecule has 0 aromatic heterocycles. The van der Waals surface area contributed by atoms with Gasteiger partial charge in [0.1, 0.15) is 5.75 Å². The molecule has 1 N–H and O–H groups in total. The maximum Gasteiger partial charge on any atom is 0.250 e. The molecule has 4 nitrogen and oxygen atoms in total. The van der Waals surface area contributed by atoms with E-state index in [1.54, 1.807) is 12.1 Å². The first kappa shape index (κ1) is 11.4. The summed E-state index contributed by atoms with van der Waals surface area (Å²) in [5.74, 6) is 0.596. The molecule has 0 bridgehead atoms. The first-order valence-corrected chi connectivity index (χ1v) is 5.41. The summed E-state index contributed by atoms with van der Waals surface area (Å²) in [4.78, 5) is 23.0. The topological polar surface area (TPSA) is 55.4 Å². The van der Waals surface area contributed by atoms with Gasteiger partial charge in [0.05, 0.1) is 18.4 Å². The maximum absolute atomic E-state index is 11.6. The lowest BCUT2D eigenvalue weighted by Crippen LogP contribution is -2.36. The van der Waals surface area contributed by atoms with Crippen molar-refractivity contribution >= 4 is 5.69 Å². The van der Waals surface area contributed by atoms with E-state index in [-0.39, 0.29) is 0 Å². The van der Waals surface area contributed by atoms with Crippen LogP contribution in [0.3, 0.4) is 0 Å². The van der Waals surface area contributed by atoms with Crippen LogP contribution >= 0.6 is 0 Å². The molecule has 2 rings (SSSR count). The second-order valence-electron chi connectivity index (χ2n) is 3.64. The predicted molar refractivity (Wildman–Crippen MR) is 67.5 cm³/mol. The number of rotatable bonds is 4. The van der Waals surface area contributed by atoms with Crippen molar-refractivity contribution in [3.63, 3.8) is 0 Å². The minimum atomic E-state index is -0.453. The van der Waals surface area contributed by atoms with Crippen LogP contribution in [0.4, 0.5) is 5.69 Å². The van der Waals surface area contributed by atoms with E-state index in [0.29, 0.717) is 29.1 Å². The van der Waals surface area contributed by atoms with E-state index in [1.807, 2.05) is 19.1 Å². The molecule has 0 aliphatic carbocycles. The summed E-state index contributed by atoms with van der Waals surface area (Å²) in [6, 6.07) is 7.17. The van der Waals surface area contributed by atoms with Gasteiger partial charge in [-0.2, -0.15) is 0 Å². The molecule has 17 heavy (non-hydrogen) atoms. The fraction of sp³-hybridized carbons (Fsp3) is 0.231. The van der Waals surface area contributed by atoms with Crippen molar-refractivity contribution in [1.82, 2.24) is 0 Å². The minimum absolute atomic E-state index is 0.391. The molecule has 0 aliphatic heterocycles. The van der Waals surface area contributed by atoms with Gasteiger partial charge in [0.25, 0.3) is 0 Å². The van der Waals surface area contributed by atoms with Crippen LogP contribution < -0.4 is 20.9 Å². The minimum Gasteiger partial charge on any atom is -0.496 e. The number of hydrogen-bond acceptors (Lipinski definition) is 4. The van der Waals surface area contributed by atoms with E-state index in [2.05, 4.69) is 5.32 Å². The second-order valence-corrected chi connectivity index (χ2v) is 3.64. The largest absolute Gasteiger partial charge is 0.496 e. The summed E-state index contributed by atoms with van der Waals surface area (Å²) in [5.41, 5.74) is 0.574. The van der Waals surface area contributed by atoms with Crippen molar-refractivity contribution in [3.05, 3.63) is 44.7 Å². The summed E-state index contributed by atoms with van der Waals surface area (Å²) >= 11 is 0. The van der Waals surface area contributed by atoms with Crippen molar-refractivity contribution in [2.24, 2.45) is 0 Å². The summed E-state index contributed by atoms with van der Waals surface area (Å²) in [6.45, 7) is 2.48. The number of nitrogens with one attached hydrogen (secondary N) is 1. The normalized spacial score (nSPS) is 10.5. The van der Waals surface area contributed by atoms with Gasteiger partial charge in [0, 0.05) is 12.1 Å². The lowest BCUT2D eigenvalue weighted by atomic mass is 9.97. The fourth-order valence-electron chi connectivity index (χ4n) is 1.85. The summed E-state index contributed by atoms with van der Waals surface area (Å²) in [5, 5.41) is 2.92. The van der Waals surface area contributed by atoms with E-state index in [1.165, 1.54) is 7.11 Å². The van der Waals surface area contributed by atoms with Gasteiger partial charge in [0.2, 0.25) is 10.9 Å². The quantitative estimate of drug-likeness (QED) is 0.808. The van der Waals surface area contributed by atoms with Crippen LogP contribution in [0.5, 0.6) is 5.75 Å². The smallest absolute Gasteiger partial charge is 0.250 e. The Morgan fingerprint density at radius 3 is 2.53 bits per heavy atom. The first-order valence-electron chi connectivity index (χ1n) is 5.41. The molecule has 2 aromatic rings. The molecule has 0 fully saturated rings. The SMILES string of the molecule is CCNc1c(-c2ccccc2OC)c(=O)c1=O. The Balaban J connectivity index is 2.58. The van der Waals surface area contributed by atoms with Gasteiger partial charge in [-0.05, 0) is 13.0 Å². The van der Waals surface area contributed by atoms with Gasteiger partial charge >= 0.3 is 0 Å². The van der Waals surface area contributed by atoms with Gasteiger partial charge in [-0.1, -0.05) is 18.2 Å². The highest BCUT2D eigenvalue weighted by atomic mass is 16.5. The molecule has 0 unspecified atom stereocenters. The molecular weight excluding hydrogens is 218 g/mol. The molecular formula is C13H13NO3. The molecule has 0 atom stereocenters. The third-order valence-corrected chi connectivity index (χ3v) is 2.64. The maximum atomic E-state index is 11.6. The zero-order valence-corrected chi connectivity index (χ0v) is 9.74. The molecule has 88 valence electrons. The summed E-state index contributed by atoms with van der Waals surface area (Å²) in [7, 11) is 1.54. The third kappa shape index (κ3) is 1.71. The van der Waals surface area contributed by atoms with E-state index >= 15 is 0 Å². The molecule has 4 heteroatoms. The van der Waals surface area contributed by atoms with Crippen LogP contribution in [0.15, 0.2) is 33.9 Å².